The summed E-state index contributed by atoms with van der Waals surface area (Å²) in [4.78, 5) is 4.24. The second-order valence-electron chi connectivity index (χ2n) is 6.24. The van der Waals surface area contributed by atoms with Crippen LogP contribution >= 0.6 is 24.0 Å². The lowest BCUT2D eigenvalue weighted by atomic mass is 9.84. The van der Waals surface area contributed by atoms with Gasteiger partial charge in [-0.3, -0.25) is 4.99 Å². The molecule has 25 heavy (non-hydrogen) atoms. The molecule has 0 aromatic heterocycles. The first kappa shape index (κ1) is 22.0. The van der Waals surface area contributed by atoms with Gasteiger partial charge in [-0.05, 0) is 31.4 Å². The van der Waals surface area contributed by atoms with Crippen LogP contribution in [0.5, 0.6) is 5.75 Å². The van der Waals surface area contributed by atoms with Gasteiger partial charge < -0.3 is 25.2 Å². The first-order valence-electron chi connectivity index (χ1n) is 8.51. The van der Waals surface area contributed by atoms with E-state index in [-0.39, 0.29) is 36.0 Å². The summed E-state index contributed by atoms with van der Waals surface area (Å²) < 4.78 is 11.3. The Bertz CT molecular complexity index is 534. The number of hydrogen-bond donors (Lipinski definition) is 3. The van der Waals surface area contributed by atoms with Crippen molar-refractivity contribution in [1.82, 2.24) is 10.6 Å². The summed E-state index contributed by atoms with van der Waals surface area (Å²) in [7, 11) is 1.75. The van der Waals surface area contributed by atoms with Gasteiger partial charge in [0, 0.05) is 32.2 Å². The number of aryl methyl sites for hydroxylation is 1. The highest BCUT2D eigenvalue weighted by Gasteiger charge is 2.34. The molecule has 0 bridgehead atoms. The molecule has 0 amide bonds. The number of nitrogens with zero attached hydrogens (tertiary/aromatic N) is 1. The minimum atomic E-state index is 0. The molecule has 1 aliphatic heterocycles. The molecule has 7 heteroatoms. The number of ether oxygens (including phenoxy) is 2. The van der Waals surface area contributed by atoms with Gasteiger partial charge in [0.15, 0.2) is 5.96 Å². The van der Waals surface area contributed by atoms with Gasteiger partial charge in [0.05, 0.1) is 13.2 Å². The lowest BCUT2D eigenvalue weighted by molar-refractivity contribution is 0.127. The molecule has 1 fully saturated rings. The third kappa shape index (κ3) is 6.99. The number of halogens is 1. The number of rotatable bonds is 8. The van der Waals surface area contributed by atoms with Gasteiger partial charge in [0.2, 0.25) is 0 Å². The molecule has 0 saturated carbocycles. The van der Waals surface area contributed by atoms with Crippen LogP contribution in [0.25, 0.3) is 0 Å². The van der Waals surface area contributed by atoms with Crippen LogP contribution in [0, 0.1) is 12.3 Å². The smallest absolute Gasteiger partial charge is 0.191 e. The van der Waals surface area contributed by atoms with Crippen molar-refractivity contribution >= 4 is 29.9 Å². The van der Waals surface area contributed by atoms with Crippen LogP contribution in [-0.4, -0.2) is 57.6 Å². The van der Waals surface area contributed by atoms with Gasteiger partial charge in [-0.25, -0.2) is 0 Å². The molecule has 1 atom stereocenters. The number of para-hydroxylation sites is 1. The lowest BCUT2D eigenvalue weighted by Crippen LogP contribution is -2.45. The lowest BCUT2D eigenvalue weighted by Gasteiger charge is -2.27. The number of hydrogen-bond acceptors (Lipinski definition) is 4. The minimum absolute atomic E-state index is 0. The fourth-order valence-electron chi connectivity index (χ4n) is 2.85. The fraction of sp³-hybridized carbons (Fsp3) is 0.611. The zero-order valence-corrected chi connectivity index (χ0v) is 17.4. The van der Waals surface area contributed by atoms with Crippen molar-refractivity contribution in [2.75, 3.05) is 46.6 Å². The number of aliphatic hydroxyl groups is 1. The average Bonchev–Trinajstić information content (AvgIpc) is 3.05. The Morgan fingerprint density at radius 3 is 2.80 bits per heavy atom. The van der Waals surface area contributed by atoms with E-state index in [1.54, 1.807) is 7.05 Å². The maximum absolute atomic E-state index is 9.27. The van der Waals surface area contributed by atoms with Crippen LogP contribution in [-0.2, 0) is 4.74 Å². The van der Waals surface area contributed by atoms with E-state index < -0.39 is 0 Å². The van der Waals surface area contributed by atoms with Gasteiger partial charge in [-0.2, -0.15) is 0 Å². The van der Waals surface area contributed by atoms with E-state index in [9.17, 15) is 5.11 Å². The predicted octanol–water partition coefficient (Wildman–Crippen LogP) is 1.95. The van der Waals surface area contributed by atoms with Crippen molar-refractivity contribution in [3.8, 4) is 5.75 Å². The van der Waals surface area contributed by atoms with Crippen molar-refractivity contribution in [2.24, 2.45) is 10.4 Å². The Hall–Kier alpha value is -1.06. The van der Waals surface area contributed by atoms with Crippen LogP contribution in [0.3, 0.4) is 0 Å². The molecule has 2 rings (SSSR count). The van der Waals surface area contributed by atoms with Crippen LogP contribution in [0.15, 0.2) is 29.3 Å². The normalized spacial score (nSPS) is 20.0. The quantitative estimate of drug-likeness (QED) is 0.238. The first-order chi connectivity index (χ1) is 11.7. The second kappa shape index (κ2) is 11.5. The summed E-state index contributed by atoms with van der Waals surface area (Å²) in [5.74, 6) is 1.65. The zero-order chi connectivity index (χ0) is 17.3. The molecule has 0 aliphatic carbocycles. The number of guanidine groups is 1. The molecule has 6 nitrogen and oxygen atoms in total. The summed E-state index contributed by atoms with van der Waals surface area (Å²) in [5, 5.41) is 15.9. The monoisotopic (exact) mass is 463 g/mol. The minimum Gasteiger partial charge on any atom is -0.491 e. The van der Waals surface area contributed by atoms with E-state index in [4.69, 9.17) is 9.47 Å². The topological polar surface area (TPSA) is 75.1 Å². The van der Waals surface area contributed by atoms with E-state index in [1.165, 1.54) is 0 Å². The van der Waals surface area contributed by atoms with Crippen molar-refractivity contribution in [1.29, 1.82) is 0 Å². The van der Waals surface area contributed by atoms with Crippen molar-refractivity contribution in [3.05, 3.63) is 29.8 Å². The number of benzene rings is 1. The molecule has 1 aliphatic rings. The van der Waals surface area contributed by atoms with E-state index in [2.05, 4.69) is 15.6 Å². The molecule has 1 unspecified atom stereocenters. The van der Waals surface area contributed by atoms with E-state index in [0.29, 0.717) is 19.8 Å². The SMILES string of the molecule is CN=C(NCCOc1ccccc1C)NCC1(CCO)CCOC1.I. The Balaban J connectivity index is 0.00000312. The summed E-state index contributed by atoms with van der Waals surface area (Å²) >= 11 is 0. The van der Waals surface area contributed by atoms with Crippen LogP contribution in [0.1, 0.15) is 18.4 Å². The first-order valence-corrected chi connectivity index (χ1v) is 8.51. The predicted molar refractivity (Wildman–Crippen MR) is 111 cm³/mol. The van der Waals surface area contributed by atoms with E-state index >= 15 is 0 Å². The Labute approximate surface area is 167 Å². The molecule has 142 valence electrons. The molecule has 1 saturated heterocycles. The van der Waals surface area contributed by atoms with Crippen molar-refractivity contribution in [3.63, 3.8) is 0 Å². The zero-order valence-electron chi connectivity index (χ0n) is 15.1. The van der Waals surface area contributed by atoms with Crippen molar-refractivity contribution < 1.29 is 14.6 Å². The van der Waals surface area contributed by atoms with Crippen LogP contribution < -0.4 is 15.4 Å². The molecular formula is C18H30IN3O3. The average molecular weight is 463 g/mol. The van der Waals surface area contributed by atoms with Gasteiger partial charge >= 0.3 is 0 Å². The standard InChI is InChI=1S/C18H29N3O3.HI/c1-15-5-3-4-6-16(15)24-12-9-20-17(19-2)21-13-18(7-10-22)8-11-23-14-18;/h3-6,22H,7-14H2,1-2H3,(H2,19,20,21);1H. The molecule has 1 aromatic carbocycles. The van der Waals surface area contributed by atoms with Crippen LogP contribution in [0.2, 0.25) is 0 Å². The van der Waals surface area contributed by atoms with Gasteiger partial charge in [-0.15, -0.1) is 24.0 Å². The largest absolute Gasteiger partial charge is 0.491 e. The maximum Gasteiger partial charge on any atom is 0.191 e. The highest BCUT2D eigenvalue weighted by Crippen LogP contribution is 2.31. The fourth-order valence-corrected chi connectivity index (χ4v) is 2.85. The summed E-state index contributed by atoms with van der Waals surface area (Å²) in [5.41, 5.74) is 1.14. The van der Waals surface area contributed by atoms with Crippen LogP contribution in [0.4, 0.5) is 0 Å². The highest BCUT2D eigenvalue weighted by atomic mass is 127. The number of nitrogens with one attached hydrogen (secondary N) is 2. The van der Waals surface area contributed by atoms with E-state index in [0.717, 1.165) is 43.3 Å². The van der Waals surface area contributed by atoms with Gasteiger partial charge in [0.1, 0.15) is 12.4 Å². The van der Waals surface area contributed by atoms with E-state index in [1.807, 2.05) is 31.2 Å². The molecule has 0 spiro atoms. The van der Waals surface area contributed by atoms with Gasteiger partial charge in [0.25, 0.3) is 0 Å². The molecule has 0 radical (unpaired) electrons. The molecule has 1 heterocycles. The highest BCUT2D eigenvalue weighted by molar-refractivity contribution is 14.0. The third-order valence-electron chi connectivity index (χ3n) is 4.43. The molecule has 1 aromatic rings. The number of aliphatic imine (C=N–C) groups is 1. The maximum atomic E-state index is 9.27. The molecular weight excluding hydrogens is 433 g/mol. The van der Waals surface area contributed by atoms with Gasteiger partial charge in [-0.1, -0.05) is 18.2 Å². The number of aliphatic hydroxyl groups excluding tert-OH is 1. The Morgan fingerprint density at radius 2 is 2.16 bits per heavy atom. The summed E-state index contributed by atoms with van der Waals surface area (Å²) in [6.45, 7) is 5.64. The van der Waals surface area contributed by atoms with Crippen molar-refractivity contribution in [2.45, 2.75) is 19.8 Å². The third-order valence-corrected chi connectivity index (χ3v) is 4.43. The Kier molecular flexibility index (Phi) is 10.1. The second-order valence-corrected chi connectivity index (χ2v) is 6.24. The molecule has 3 N–H and O–H groups in total. The summed E-state index contributed by atoms with van der Waals surface area (Å²) in [6, 6.07) is 7.98. The summed E-state index contributed by atoms with van der Waals surface area (Å²) in [6.07, 6.45) is 1.71. The Morgan fingerprint density at radius 1 is 1.36 bits per heavy atom.